The van der Waals surface area contributed by atoms with Crippen molar-refractivity contribution >= 4 is 17.2 Å². The van der Waals surface area contributed by atoms with Crippen molar-refractivity contribution in [3.63, 3.8) is 0 Å². The normalized spacial score (nSPS) is 23.6. The fraction of sp³-hybridized carbons (Fsp3) is 0.714. The number of aromatic nitrogens is 1. The highest BCUT2D eigenvalue weighted by molar-refractivity contribution is 7.11. The van der Waals surface area contributed by atoms with E-state index in [0.29, 0.717) is 12.3 Å². The van der Waals surface area contributed by atoms with E-state index in [1.54, 1.807) is 5.51 Å². The summed E-state index contributed by atoms with van der Waals surface area (Å²) in [5, 5.41) is 9.15. The zero-order chi connectivity index (χ0) is 13.2. The van der Waals surface area contributed by atoms with Crippen molar-refractivity contribution in [2.45, 2.75) is 50.5 Å². The first-order valence-electron chi connectivity index (χ1n) is 7.16. The topological polar surface area (TPSA) is 53.4 Å². The lowest BCUT2D eigenvalue weighted by molar-refractivity contribution is 0.0578. The van der Waals surface area contributed by atoms with Gasteiger partial charge in [-0.05, 0) is 38.5 Å². The average molecular weight is 280 g/mol. The molecule has 0 radical (unpaired) electrons. The predicted octanol–water partition coefficient (Wildman–Crippen LogP) is 2.40. The Kier molecular flexibility index (Phi) is 3.84. The van der Waals surface area contributed by atoms with Crippen LogP contribution in [-0.2, 0) is 0 Å². The van der Waals surface area contributed by atoms with Crippen LogP contribution in [0.1, 0.15) is 59.8 Å². The van der Waals surface area contributed by atoms with Crippen molar-refractivity contribution in [3.05, 3.63) is 16.1 Å². The highest BCUT2D eigenvalue weighted by atomic mass is 32.1. The molecule has 1 saturated carbocycles. The van der Waals surface area contributed by atoms with Crippen molar-refractivity contribution in [1.29, 1.82) is 0 Å². The van der Waals surface area contributed by atoms with E-state index in [1.807, 2.05) is 4.90 Å². The van der Waals surface area contributed by atoms with E-state index < -0.39 is 0 Å². The molecule has 19 heavy (non-hydrogen) atoms. The second-order valence-electron chi connectivity index (χ2n) is 5.50. The van der Waals surface area contributed by atoms with E-state index in [0.717, 1.165) is 36.4 Å². The summed E-state index contributed by atoms with van der Waals surface area (Å²) in [7, 11) is 0. The van der Waals surface area contributed by atoms with Gasteiger partial charge in [0.05, 0.1) is 11.2 Å². The molecular formula is C14H20N2O2S. The van der Waals surface area contributed by atoms with E-state index in [1.165, 1.54) is 24.2 Å². The van der Waals surface area contributed by atoms with Crippen molar-refractivity contribution < 1.29 is 9.90 Å². The number of piperidine rings is 1. The van der Waals surface area contributed by atoms with Gasteiger partial charge in [0.2, 0.25) is 0 Å². The van der Waals surface area contributed by atoms with E-state index in [4.69, 9.17) is 5.11 Å². The molecule has 1 N–H and O–H groups in total. The SMILES string of the molecule is O=C(c1scnc1C1CC1)N1CCCCC1CCO. The summed E-state index contributed by atoms with van der Waals surface area (Å²) >= 11 is 1.47. The Morgan fingerprint density at radius 1 is 1.42 bits per heavy atom. The molecule has 1 aliphatic heterocycles. The molecule has 1 aromatic heterocycles. The Balaban J connectivity index is 1.78. The van der Waals surface area contributed by atoms with Gasteiger partial charge in [-0.25, -0.2) is 4.98 Å². The minimum absolute atomic E-state index is 0.141. The number of likely N-dealkylation sites (tertiary alicyclic amines) is 1. The zero-order valence-corrected chi connectivity index (χ0v) is 11.9. The summed E-state index contributed by atoms with van der Waals surface area (Å²) in [6.45, 7) is 0.984. The maximum absolute atomic E-state index is 12.7. The summed E-state index contributed by atoms with van der Waals surface area (Å²) in [4.78, 5) is 19.9. The molecule has 1 amide bonds. The van der Waals surface area contributed by atoms with E-state index in [2.05, 4.69) is 4.98 Å². The number of amides is 1. The Morgan fingerprint density at radius 3 is 3.00 bits per heavy atom. The Labute approximate surface area is 117 Å². The van der Waals surface area contributed by atoms with Gasteiger partial charge in [-0.15, -0.1) is 11.3 Å². The summed E-state index contributed by atoms with van der Waals surface area (Å²) < 4.78 is 0. The van der Waals surface area contributed by atoms with Crippen molar-refractivity contribution in [3.8, 4) is 0 Å². The highest BCUT2D eigenvalue weighted by Gasteiger charge is 2.34. The quantitative estimate of drug-likeness (QED) is 0.921. The molecule has 1 saturated heterocycles. The molecule has 2 fully saturated rings. The molecule has 1 atom stereocenters. The van der Waals surface area contributed by atoms with Crippen LogP contribution in [0.25, 0.3) is 0 Å². The lowest BCUT2D eigenvalue weighted by Crippen LogP contribution is -2.44. The van der Waals surface area contributed by atoms with Gasteiger partial charge in [-0.1, -0.05) is 0 Å². The van der Waals surface area contributed by atoms with Gasteiger partial charge in [0.15, 0.2) is 0 Å². The van der Waals surface area contributed by atoms with Gasteiger partial charge in [-0.3, -0.25) is 4.79 Å². The standard InChI is InChI=1S/C14H20N2O2S/c17-8-6-11-3-1-2-7-16(11)14(18)13-12(10-4-5-10)15-9-19-13/h9-11,17H,1-8H2. The molecule has 4 nitrogen and oxygen atoms in total. The predicted molar refractivity (Wildman–Crippen MR) is 74.5 cm³/mol. The Bertz CT molecular complexity index is 454. The molecule has 0 spiro atoms. The first kappa shape index (κ1) is 13.1. The number of carbonyl (C=O) groups is 1. The van der Waals surface area contributed by atoms with E-state index >= 15 is 0 Å². The lowest BCUT2D eigenvalue weighted by atomic mass is 9.99. The number of aliphatic hydroxyl groups excluding tert-OH is 1. The number of rotatable bonds is 4. The zero-order valence-electron chi connectivity index (χ0n) is 11.0. The maximum atomic E-state index is 12.7. The number of hydrogen-bond donors (Lipinski definition) is 1. The van der Waals surface area contributed by atoms with Crippen molar-refractivity contribution in [1.82, 2.24) is 9.88 Å². The second-order valence-corrected chi connectivity index (χ2v) is 6.36. The van der Waals surface area contributed by atoms with Gasteiger partial charge in [0, 0.05) is 25.1 Å². The molecule has 1 unspecified atom stereocenters. The maximum Gasteiger partial charge on any atom is 0.266 e. The van der Waals surface area contributed by atoms with Crippen LogP contribution < -0.4 is 0 Å². The van der Waals surface area contributed by atoms with Crippen LogP contribution >= 0.6 is 11.3 Å². The molecule has 1 aliphatic carbocycles. The third kappa shape index (κ3) is 2.67. The summed E-state index contributed by atoms with van der Waals surface area (Å²) in [6, 6.07) is 0.209. The molecule has 0 aromatic carbocycles. The number of carbonyl (C=O) groups excluding carboxylic acids is 1. The second kappa shape index (κ2) is 5.59. The minimum Gasteiger partial charge on any atom is -0.396 e. The van der Waals surface area contributed by atoms with Crippen molar-refractivity contribution in [2.75, 3.05) is 13.2 Å². The third-order valence-corrected chi connectivity index (χ3v) is 4.93. The molecule has 1 aromatic rings. The Morgan fingerprint density at radius 2 is 2.26 bits per heavy atom. The first-order valence-corrected chi connectivity index (χ1v) is 8.04. The largest absolute Gasteiger partial charge is 0.396 e. The van der Waals surface area contributed by atoms with Crippen LogP contribution in [-0.4, -0.2) is 40.1 Å². The van der Waals surface area contributed by atoms with Crippen LogP contribution in [0.3, 0.4) is 0 Å². The highest BCUT2D eigenvalue weighted by Crippen LogP contribution is 2.42. The van der Waals surface area contributed by atoms with Gasteiger partial charge < -0.3 is 10.0 Å². The molecule has 2 aliphatic rings. The fourth-order valence-corrected chi connectivity index (χ4v) is 3.74. The number of thiazole rings is 1. The lowest BCUT2D eigenvalue weighted by Gasteiger charge is -2.35. The van der Waals surface area contributed by atoms with Gasteiger partial charge in [-0.2, -0.15) is 0 Å². The molecule has 0 bridgehead atoms. The number of nitrogens with zero attached hydrogens (tertiary/aromatic N) is 2. The van der Waals surface area contributed by atoms with Crippen LogP contribution in [0.2, 0.25) is 0 Å². The van der Waals surface area contributed by atoms with Crippen LogP contribution in [0.15, 0.2) is 5.51 Å². The van der Waals surface area contributed by atoms with Crippen LogP contribution in [0.5, 0.6) is 0 Å². The fourth-order valence-electron chi connectivity index (χ4n) is 2.91. The molecule has 3 rings (SSSR count). The first-order chi connectivity index (χ1) is 9.31. The summed E-state index contributed by atoms with van der Waals surface area (Å²) in [5.41, 5.74) is 2.81. The van der Waals surface area contributed by atoms with Gasteiger partial charge in [0.1, 0.15) is 4.88 Å². The smallest absolute Gasteiger partial charge is 0.266 e. The molecule has 104 valence electrons. The summed E-state index contributed by atoms with van der Waals surface area (Å²) in [5.74, 6) is 0.661. The van der Waals surface area contributed by atoms with E-state index in [-0.39, 0.29) is 18.6 Å². The van der Waals surface area contributed by atoms with Crippen LogP contribution in [0, 0.1) is 0 Å². The summed E-state index contributed by atoms with van der Waals surface area (Å²) in [6.07, 6.45) is 6.29. The van der Waals surface area contributed by atoms with E-state index in [9.17, 15) is 4.79 Å². The van der Waals surface area contributed by atoms with Gasteiger partial charge in [0.25, 0.3) is 5.91 Å². The monoisotopic (exact) mass is 280 g/mol. The molecule has 5 heteroatoms. The third-order valence-electron chi connectivity index (χ3n) is 4.10. The van der Waals surface area contributed by atoms with Crippen LogP contribution in [0.4, 0.5) is 0 Å². The average Bonchev–Trinajstić information content (AvgIpc) is 3.16. The molecule has 2 heterocycles. The molecular weight excluding hydrogens is 260 g/mol. The van der Waals surface area contributed by atoms with Gasteiger partial charge >= 0.3 is 0 Å². The van der Waals surface area contributed by atoms with Crippen molar-refractivity contribution in [2.24, 2.45) is 0 Å². The number of hydrogen-bond acceptors (Lipinski definition) is 4. The minimum atomic E-state index is 0.141. The number of aliphatic hydroxyl groups is 1. The Hall–Kier alpha value is -0.940.